The van der Waals surface area contributed by atoms with Crippen LogP contribution in [0.15, 0.2) is 51.4 Å². The highest BCUT2D eigenvalue weighted by atomic mass is 79.9. The number of nitro benzene ring substituents is 1. The number of nitro groups is 1. The highest BCUT2D eigenvalue weighted by molar-refractivity contribution is 9.10. The lowest BCUT2D eigenvalue weighted by molar-refractivity contribution is -0.384. The fourth-order valence-corrected chi connectivity index (χ4v) is 2.49. The molecule has 0 unspecified atom stereocenters. The smallest absolute Gasteiger partial charge is 0.339 e. The Balaban J connectivity index is 2.13. The number of hydrogen-bond donors (Lipinski definition) is 0. The average molecular weight is 415 g/mol. The zero-order chi connectivity index (χ0) is 15.4. The second-order valence-corrected chi connectivity index (χ2v) is 5.90. The van der Waals surface area contributed by atoms with Gasteiger partial charge in [-0.15, -0.1) is 0 Å². The number of ether oxygens (including phenoxy) is 1. The molecule has 0 bridgehead atoms. The van der Waals surface area contributed by atoms with Gasteiger partial charge in [0.25, 0.3) is 5.69 Å². The fraction of sp³-hybridized carbons (Fsp3) is 0.0714. The van der Waals surface area contributed by atoms with Gasteiger partial charge in [0.05, 0.1) is 10.5 Å². The molecule has 5 nitrogen and oxygen atoms in total. The summed E-state index contributed by atoms with van der Waals surface area (Å²) in [5, 5.41) is 10.7. The molecule has 0 aliphatic rings. The Labute approximate surface area is 137 Å². The van der Waals surface area contributed by atoms with Crippen molar-refractivity contribution < 1.29 is 14.5 Å². The van der Waals surface area contributed by atoms with E-state index in [4.69, 9.17) is 4.74 Å². The SMILES string of the molecule is O=C(OCc1cccc(Br)c1)c1cc([N+](=O)[O-])ccc1Br. The number of carbonyl (C=O) groups is 1. The van der Waals surface area contributed by atoms with Crippen molar-refractivity contribution in [3.05, 3.63) is 72.7 Å². The van der Waals surface area contributed by atoms with Crippen molar-refractivity contribution in [3.63, 3.8) is 0 Å². The largest absolute Gasteiger partial charge is 0.457 e. The van der Waals surface area contributed by atoms with Crippen LogP contribution in [0.25, 0.3) is 0 Å². The maximum Gasteiger partial charge on any atom is 0.339 e. The van der Waals surface area contributed by atoms with Gasteiger partial charge in [0, 0.05) is 21.1 Å². The molecule has 7 heteroatoms. The number of benzene rings is 2. The Morgan fingerprint density at radius 2 is 1.95 bits per heavy atom. The first-order valence-electron chi connectivity index (χ1n) is 5.83. The van der Waals surface area contributed by atoms with E-state index in [0.29, 0.717) is 4.47 Å². The second-order valence-electron chi connectivity index (χ2n) is 4.13. The Kier molecular flexibility index (Phi) is 5.08. The number of esters is 1. The molecule has 2 rings (SSSR count). The number of hydrogen-bond acceptors (Lipinski definition) is 4. The van der Waals surface area contributed by atoms with Crippen molar-refractivity contribution in [2.45, 2.75) is 6.61 Å². The van der Waals surface area contributed by atoms with E-state index in [1.165, 1.54) is 18.2 Å². The molecule has 0 saturated heterocycles. The first-order chi connectivity index (χ1) is 9.97. The van der Waals surface area contributed by atoms with E-state index in [0.717, 1.165) is 10.0 Å². The van der Waals surface area contributed by atoms with Gasteiger partial charge in [0.15, 0.2) is 0 Å². The van der Waals surface area contributed by atoms with Gasteiger partial charge in [-0.1, -0.05) is 28.1 Å². The Hall–Kier alpha value is -1.73. The van der Waals surface area contributed by atoms with E-state index >= 15 is 0 Å². The normalized spacial score (nSPS) is 10.2. The summed E-state index contributed by atoms with van der Waals surface area (Å²) in [6.45, 7) is 0.0907. The van der Waals surface area contributed by atoms with Crippen LogP contribution in [0, 0.1) is 10.1 Å². The summed E-state index contributed by atoms with van der Waals surface area (Å²) >= 11 is 6.52. The van der Waals surface area contributed by atoms with Crippen LogP contribution in [0.5, 0.6) is 0 Å². The first-order valence-corrected chi connectivity index (χ1v) is 7.41. The molecule has 0 aliphatic heterocycles. The third-order valence-corrected chi connectivity index (χ3v) is 3.82. The van der Waals surface area contributed by atoms with Crippen LogP contribution in [-0.2, 0) is 11.3 Å². The molecule has 108 valence electrons. The molecule has 0 aromatic heterocycles. The molecule has 0 heterocycles. The van der Waals surface area contributed by atoms with Crippen molar-refractivity contribution in [2.24, 2.45) is 0 Å². The van der Waals surface area contributed by atoms with Crippen molar-refractivity contribution in [1.82, 2.24) is 0 Å². The summed E-state index contributed by atoms with van der Waals surface area (Å²) in [6.07, 6.45) is 0. The zero-order valence-corrected chi connectivity index (χ0v) is 13.8. The summed E-state index contributed by atoms with van der Waals surface area (Å²) in [5.74, 6) is -0.620. The van der Waals surface area contributed by atoms with Crippen molar-refractivity contribution in [1.29, 1.82) is 0 Å². The van der Waals surface area contributed by atoms with Crippen molar-refractivity contribution >= 4 is 43.5 Å². The molecule has 0 saturated carbocycles. The third kappa shape index (κ3) is 4.12. The summed E-state index contributed by atoms with van der Waals surface area (Å²) < 4.78 is 6.51. The van der Waals surface area contributed by atoms with E-state index in [9.17, 15) is 14.9 Å². The topological polar surface area (TPSA) is 69.4 Å². The quantitative estimate of drug-likeness (QED) is 0.420. The Morgan fingerprint density at radius 3 is 2.62 bits per heavy atom. The van der Waals surface area contributed by atoms with E-state index in [1.807, 2.05) is 24.3 Å². The Morgan fingerprint density at radius 1 is 1.19 bits per heavy atom. The molecule has 0 N–H and O–H groups in total. The highest BCUT2D eigenvalue weighted by Gasteiger charge is 2.16. The summed E-state index contributed by atoms with van der Waals surface area (Å²) in [4.78, 5) is 22.2. The van der Waals surface area contributed by atoms with Gasteiger partial charge in [0.1, 0.15) is 6.61 Å². The molecule has 21 heavy (non-hydrogen) atoms. The van der Waals surface area contributed by atoms with Gasteiger partial charge in [-0.05, 0) is 39.7 Å². The van der Waals surface area contributed by atoms with Crippen LogP contribution in [0.3, 0.4) is 0 Å². The minimum Gasteiger partial charge on any atom is -0.457 e. The lowest BCUT2D eigenvalue weighted by Crippen LogP contribution is -2.06. The standard InChI is InChI=1S/C14H9Br2NO4/c15-10-3-1-2-9(6-10)8-21-14(18)12-7-11(17(19)20)4-5-13(12)16/h1-7H,8H2. The molecule has 2 aromatic carbocycles. The summed E-state index contributed by atoms with van der Waals surface area (Å²) in [6, 6.07) is 11.3. The number of halogens is 2. The second kappa shape index (κ2) is 6.82. The summed E-state index contributed by atoms with van der Waals surface area (Å²) in [5.41, 5.74) is 0.783. The molecule has 0 aliphatic carbocycles. The van der Waals surface area contributed by atoms with Crippen LogP contribution in [0.2, 0.25) is 0 Å². The Bertz CT molecular complexity index is 703. The van der Waals surface area contributed by atoms with Gasteiger partial charge in [-0.2, -0.15) is 0 Å². The molecule has 0 atom stereocenters. The molecule has 0 fully saturated rings. The third-order valence-electron chi connectivity index (χ3n) is 2.64. The first kappa shape index (κ1) is 15.7. The van der Waals surface area contributed by atoms with Gasteiger partial charge >= 0.3 is 5.97 Å². The van der Waals surface area contributed by atoms with Crippen molar-refractivity contribution in [3.8, 4) is 0 Å². The minimum atomic E-state index is -0.620. The van der Waals surface area contributed by atoms with Gasteiger partial charge < -0.3 is 4.74 Å². The van der Waals surface area contributed by atoms with E-state index in [2.05, 4.69) is 31.9 Å². The van der Waals surface area contributed by atoms with Gasteiger partial charge in [-0.25, -0.2) is 4.79 Å². The maximum atomic E-state index is 12.0. The number of carbonyl (C=O) groups excluding carboxylic acids is 1. The van der Waals surface area contributed by atoms with Crippen LogP contribution in [0.4, 0.5) is 5.69 Å². The van der Waals surface area contributed by atoms with E-state index in [1.54, 1.807) is 0 Å². The average Bonchev–Trinajstić information content (AvgIpc) is 2.45. The monoisotopic (exact) mass is 413 g/mol. The zero-order valence-electron chi connectivity index (χ0n) is 10.6. The lowest BCUT2D eigenvalue weighted by atomic mass is 10.2. The predicted octanol–water partition coefficient (Wildman–Crippen LogP) is 4.48. The molecule has 0 radical (unpaired) electrons. The van der Waals surface area contributed by atoms with E-state index in [-0.39, 0.29) is 17.9 Å². The van der Waals surface area contributed by atoms with E-state index < -0.39 is 10.9 Å². The maximum absolute atomic E-state index is 12.0. The molecule has 0 spiro atoms. The van der Waals surface area contributed by atoms with Crippen LogP contribution >= 0.6 is 31.9 Å². The number of rotatable bonds is 4. The molecular weight excluding hydrogens is 406 g/mol. The van der Waals surface area contributed by atoms with Crippen LogP contribution < -0.4 is 0 Å². The van der Waals surface area contributed by atoms with Crippen molar-refractivity contribution in [2.75, 3.05) is 0 Å². The van der Waals surface area contributed by atoms with Gasteiger partial charge in [-0.3, -0.25) is 10.1 Å². The predicted molar refractivity (Wildman–Crippen MR) is 84.1 cm³/mol. The molecular formula is C14H9Br2NO4. The van der Waals surface area contributed by atoms with Crippen LogP contribution in [-0.4, -0.2) is 10.9 Å². The fourth-order valence-electron chi connectivity index (χ4n) is 1.64. The highest BCUT2D eigenvalue weighted by Crippen LogP contribution is 2.23. The lowest BCUT2D eigenvalue weighted by Gasteiger charge is -2.07. The molecule has 0 amide bonds. The van der Waals surface area contributed by atoms with Gasteiger partial charge in [0.2, 0.25) is 0 Å². The van der Waals surface area contributed by atoms with Crippen LogP contribution in [0.1, 0.15) is 15.9 Å². The molecule has 2 aromatic rings. The number of nitrogens with zero attached hydrogens (tertiary/aromatic N) is 1. The minimum absolute atomic E-state index is 0.0907. The summed E-state index contributed by atoms with van der Waals surface area (Å²) in [7, 11) is 0. The number of non-ortho nitro benzene ring substituents is 1.